The van der Waals surface area contributed by atoms with Crippen molar-refractivity contribution >= 4 is 5.96 Å². The first-order valence-electron chi connectivity index (χ1n) is 7.51. The highest BCUT2D eigenvalue weighted by atomic mass is 16.5. The van der Waals surface area contributed by atoms with Crippen LogP contribution in [-0.2, 0) is 6.54 Å². The Morgan fingerprint density at radius 2 is 2.10 bits per heavy atom. The van der Waals surface area contributed by atoms with Crippen LogP contribution in [-0.4, -0.2) is 31.1 Å². The Morgan fingerprint density at radius 3 is 2.71 bits per heavy atom. The van der Waals surface area contributed by atoms with E-state index in [4.69, 9.17) is 4.74 Å². The van der Waals surface area contributed by atoms with Crippen LogP contribution in [0.5, 0.6) is 5.88 Å². The molecule has 0 saturated heterocycles. The van der Waals surface area contributed by atoms with Gasteiger partial charge < -0.3 is 15.4 Å². The van der Waals surface area contributed by atoms with Crippen LogP contribution in [0, 0.1) is 5.92 Å². The lowest BCUT2D eigenvalue weighted by Crippen LogP contribution is -2.41. The Morgan fingerprint density at radius 1 is 1.33 bits per heavy atom. The van der Waals surface area contributed by atoms with Gasteiger partial charge in [-0.25, -0.2) is 4.98 Å². The fraction of sp³-hybridized carbons (Fsp3) is 0.625. The number of pyridine rings is 1. The van der Waals surface area contributed by atoms with Gasteiger partial charge in [0.1, 0.15) is 0 Å². The second kappa shape index (κ2) is 9.21. The molecule has 0 aliphatic rings. The van der Waals surface area contributed by atoms with Gasteiger partial charge in [0.15, 0.2) is 5.96 Å². The molecule has 5 heteroatoms. The zero-order chi connectivity index (χ0) is 15.7. The predicted octanol–water partition coefficient (Wildman–Crippen LogP) is 2.58. The van der Waals surface area contributed by atoms with E-state index in [2.05, 4.69) is 41.4 Å². The fourth-order valence-electron chi connectivity index (χ4n) is 1.94. The summed E-state index contributed by atoms with van der Waals surface area (Å²) >= 11 is 0. The summed E-state index contributed by atoms with van der Waals surface area (Å²) in [6, 6.07) is 4.29. The zero-order valence-electron chi connectivity index (χ0n) is 13.8. The van der Waals surface area contributed by atoms with Crippen molar-refractivity contribution in [2.45, 2.75) is 46.2 Å². The van der Waals surface area contributed by atoms with E-state index in [1.165, 1.54) is 6.42 Å². The molecule has 1 rings (SSSR count). The number of aromatic nitrogens is 1. The molecule has 0 aromatic carbocycles. The highest BCUT2D eigenvalue weighted by Gasteiger charge is 2.06. The van der Waals surface area contributed by atoms with Crippen molar-refractivity contribution in [3.05, 3.63) is 23.9 Å². The Balaban J connectivity index is 2.43. The van der Waals surface area contributed by atoms with Crippen molar-refractivity contribution in [3.63, 3.8) is 0 Å². The molecule has 1 atom stereocenters. The summed E-state index contributed by atoms with van der Waals surface area (Å²) in [6.07, 6.45) is 4.10. The van der Waals surface area contributed by atoms with Gasteiger partial charge in [0.2, 0.25) is 5.88 Å². The number of aliphatic imine (C=N–C) groups is 1. The lowest BCUT2D eigenvalue weighted by atomic mass is 10.0. The third-order valence-electron chi connectivity index (χ3n) is 3.25. The van der Waals surface area contributed by atoms with Crippen LogP contribution in [0.1, 0.15) is 39.2 Å². The van der Waals surface area contributed by atoms with E-state index in [-0.39, 0.29) is 0 Å². The SMILES string of the molecule is CN=C(NCc1ccnc(OC)c1)NC(C)CCC(C)C. The molecule has 0 spiro atoms. The molecule has 1 aromatic heterocycles. The van der Waals surface area contributed by atoms with Crippen molar-refractivity contribution in [1.29, 1.82) is 0 Å². The van der Waals surface area contributed by atoms with Crippen LogP contribution in [0.4, 0.5) is 0 Å². The quantitative estimate of drug-likeness (QED) is 0.599. The molecule has 5 nitrogen and oxygen atoms in total. The molecule has 0 aliphatic heterocycles. The Labute approximate surface area is 128 Å². The minimum atomic E-state index is 0.408. The van der Waals surface area contributed by atoms with Gasteiger partial charge in [-0.2, -0.15) is 0 Å². The smallest absolute Gasteiger partial charge is 0.213 e. The molecule has 21 heavy (non-hydrogen) atoms. The molecule has 0 aliphatic carbocycles. The molecule has 0 fully saturated rings. The molecule has 118 valence electrons. The van der Waals surface area contributed by atoms with Gasteiger partial charge in [0.05, 0.1) is 7.11 Å². The average Bonchev–Trinajstić information content (AvgIpc) is 2.49. The summed E-state index contributed by atoms with van der Waals surface area (Å²) in [5.74, 6) is 2.18. The minimum absolute atomic E-state index is 0.408. The van der Waals surface area contributed by atoms with Crippen molar-refractivity contribution in [2.75, 3.05) is 14.2 Å². The molecule has 0 amide bonds. The number of guanidine groups is 1. The van der Waals surface area contributed by atoms with Gasteiger partial charge in [0.25, 0.3) is 0 Å². The van der Waals surface area contributed by atoms with Crippen LogP contribution in [0.3, 0.4) is 0 Å². The predicted molar refractivity (Wildman–Crippen MR) is 87.7 cm³/mol. The first-order valence-corrected chi connectivity index (χ1v) is 7.51. The first-order chi connectivity index (χ1) is 10.0. The van der Waals surface area contributed by atoms with Crippen molar-refractivity contribution in [1.82, 2.24) is 15.6 Å². The largest absolute Gasteiger partial charge is 0.481 e. The molecule has 1 unspecified atom stereocenters. The normalized spacial score (nSPS) is 13.1. The van der Waals surface area contributed by atoms with Crippen LogP contribution in [0.2, 0.25) is 0 Å². The van der Waals surface area contributed by atoms with Gasteiger partial charge in [-0.15, -0.1) is 0 Å². The number of rotatable bonds is 7. The van der Waals surface area contributed by atoms with Crippen molar-refractivity contribution in [2.24, 2.45) is 10.9 Å². The van der Waals surface area contributed by atoms with E-state index >= 15 is 0 Å². The van der Waals surface area contributed by atoms with Gasteiger partial charge >= 0.3 is 0 Å². The number of hydrogen-bond donors (Lipinski definition) is 2. The fourth-order valence-corrected chi connectivity index (χ4v) is 1.94. The van der Waals surface area contributed by atoms with Crippen LogP contribution in [0.25, 0.3) is 0 Å². The molecular weight excluding hydrogens is 264 g/mol. The lowest BCUT2D eigenvalue weighted by Gasteiger charge is -2.18. The van der Waals surface area contributed by atoms with E-state index in [9.17, 15) is 0 Å². The zero-order valence-corrected chi connectivity index (χ0v) is 13.8. The molecule has 1 aromatic rings. The topological polar surface area (TPSA) is 58.5 Å². The van der Waals surface area contributed by atoms with Crippen LogP contribution in [0.15, 0.2) is 23.3 Å². The van der Waals surface area contributed by atoms with Crippen molar-refractivity contribution < 1.29 is 4.74 Å². The molecule has 0 bridgehead atoms. The second-order valence-corrected chi connectivity index (χ2v) is 5.65. The van der Waals surface area contributed by atoms with Gasteiger partial charge in [0, 0.05) is 31.9 Å². The number of methoxy groups -OCH3 is 1. The summed E-state index contributed by atoms with van der Waals surface area (Å²) in [4.78, 5) is 8.36. The maximum Gasteiger partial charge on any atom is 0.213 e. The van der Waals surface area contributed by atoms with Gasteiger partial charge in [-0.3, -0.25) is 4.99 Å². The molecule has 0 saturated carbocycles. The van der Waals surface area contributed by atoms with E-state index in [0.29, 0.717) is 18.5 Å². The summed E-state index contributed by atoms with van der Waals surface area (Å²) in [6.45, 7) is 7.37. The third kappa shape index (κ3) is 6.97. The monoisotopic (exact) mass is 292 g/mol. The third-order valence-corrected chi connectivity index (χ3v) is 3.25. The highest BCUT2D eigenvalue weighted by Crippen LogP contribution is 2.08. The van der Waals surface area contributed by atoms with E-state index in [0.717, 1.165) is 23.9 Å². The van der Waals surface area contributed by atoms with E-state index < -0.39 is 0 Å². The van der Waals surface area contributed by atoms with Crippen molar-refractivity contribution in [3.8, 4) is 5.88 Å². The second-order valence-electron chi connectivity index (χ2n) is 5.65. The minimum Gasteiger partial charge on any atom is -0.481 e. The standard InChI is InChI=1S/C16H28N4O/c1-12(2)6-7-13(3)20-16(17-4)19-11-14-8-9-18-15(10-14)21-5/h8-10,12-13H,6-7,11H2,1-5H3,(H2,17,19,20). The van der Waals surface area contributed by atoms with Crippen LogP contribution >= 0.6 is 0 Å². The summed E-state index contributed by atoms with van der Waals surface area (Å²) in [5.41, 5.74) is 1.11. The van der Waals surface area contributed by atoms with Gasteiger partial charge in [-0.1, -0.05) is 13.8 Å². The number of nitrogens with zero attached hydrogens (tertiary/aromatic N) is 2. The Kier molecular flexibility index (Phi) is 7.58. The Bertz CT molecular complexity index is 446. The number of ether oxygens (including phenoxy) is 1. The Hall–Kier alpha value is -1.78. The molecular formula is C16H28N4O. The molecule has 2 N–H and O–H groups in total. The van der Waals surface area contributed by atoms with E-state index in [1.54, 1.807) is 20.4 Å². The lowest BCUT2D eigenvalue weighted by molar-refractivity contribution is 0.397. The first kappa shape index (κ1) is 17.3. The average molecular weight is 292 g/mol. The number of nitrogens with one attached hydrogen (secondary N) is 2. The van der Waals surface area contributed by atoms with Crippen LogP contribution < -0.4 is 15.4 Å². The molecule has 1 heterocycles. The van der Waals surface area contributed by atoms with E-state index in [1.807, 2.05) is 12.1 Å². The highest BCUT2D eigenvalue weighted by molar-refractivity contribution is 5.79. The summed E-state index contributed by atoms with van der Waals surface area (Å²) < 4.78 is 5.12. The maximum atomic E-state index is 5.12. The summed E-state index contributed by atoms with van der Waals surface area (Å²) in [5, 5.41) is 6.72. The van der Waals surface area contributed by atoms with Gasteiger partial charge in [-0.05, 0) is 37.3 Å². The number of hydrogen-bond acceptors (Lipinski definition) is 3. The maximum absolute atomic E-state index is 5.12. The summed E-state index contributed by atoms with van der Waals surface area (Å²) in [7, 11) is 3.41. The molecule has 0 radical (unpaired) electrons.